The van der Waals surface area contributed by atoms with E-state index in [-0.39, 0.29) is 12.5 Å². The summed E-state index contributed by atoms with van der Waals surface area (Å²) in [5, 5.41) is 11.7. The molecule has 0 unspecified atom stereocenters. The van der Waals surface area contributed by atoms with Crippen molar-refractivity contribution in [3.8, 4) is 0 Å². The van der Waals surface area contributed by atoms with E-state index in [1.54, 1.807) is 6.07 Å². The molecule has 0 bridgehead atoms. The third-order valence-electron chi connectivity index (χ3n) is 6.23. The Kier molecular flexibility index (Phi) is 7.07. The number of aromatic nitrogens is 2. The number of benzene rings is 3. The number of hydrogen-bond acceptors (Lipinski definition) is 5. The molecule has 1 aromatic heterocycles. The Morgan fingerprint density at radius 1 is 1.11 bits per heavy atom. The average Bonchev–Trinajstić information content (AvgIpc) is 3.20. The third kappa shape index (κ3) is 5.72. The van der Waals surface area contributed by atoms with Crippen LogP contribution in [0.2, 0.25) is 0 Å². The van der Waals surface area contributed by atoms with Crippen molar-refractivity contribution >= 4 is 40.3 Å². The number of anilines is 3. The third-order valence-corrected chi connectivity index (χ3v) is 6.23. The van der Waals surface area contributed by atoms with Crippen LogP contribution in [0, 0.1) is 6.92 Å². The average molecular weight is 485 g/mol. The largest absolute Gasteiger partial charge is 0.355 e. The fourth-order valence-electron chi connectivity index (χ4n) is 4.12. The van der Waals surface area contributed by atoms with E-state index in [0.29, 0.717) is 18.6 Å². The number of rotatable bonds is 9. The number of hydrogen-bond donors (Lipinski definition) is 3. The maximum atomic E-state index is 12.7. The van der Waals surface area contributed by atoms with Gasteiger partial charge in [0, 0.05) is 41.6 Å². The molecule has 0 saturated heterocycles. The van der Waals surface area contributed by atoms with Crippen molar-refractivity contribution in [3.05, 3.63) is 83.6 Å². The zero-order valence-corrected chi connectivity index (χ0v) is 21.1. The Bertz CT molecular complexity index is 1400. The van der Waals surface area contributed by atoms with Crippen molar-refractivity contribution in [1.29, 1.82) is 0 Å². The van der Waals surface area contributed by atoms with Crippen molar-refractivity contribution in [2.24, 2.45) is 12.8 Å². The van der Waals surface area contributed by atoms with E-state index in [1.165, 1.54) is 4.90 Å². The molecular weight excluding hydrogens is 452 g/mol. The second-order valence-corrected chi connectivity index (χ2v) is 9.62. The second kappa shape index (κ2) is 10.2. The normalized spacial score (nSPS) is 11.4. The van der Waals surface area contributed by atoms with Crippen LogP contribution in [0.4, 0.5) is 17.1 Å². The van der Waals surface area contributed by atoms with Gasteiger partial charge in [0.05, 0.1) is 18.3 Å². The predicted octanol–water partition coefficient (Wildman–Crippen LogP) is 4.42. The topological polar surface area (TPSA) is 105 Å². The Morgan fingerprint density at radius 2 is 1.89 bits per heavy atom. The van der Waals surface area contributed by atoms with Crippen LogP contribution >= 0.6 is 0 Å². The Labute approximate surface area is 211 Å². The van der Waals surface area contributed by atoms with Crippen LogP contribution in [-0.4, -0.2) is 33.5 Å². The van der Waals surface area contributed by atoms with E-state index < -0.39 is 5.54 Å². The minimum absolute atomic E-state index is 0.0610. The number of fused-ring (bicyclic) bond motifs is 1. The minimum atomic E-state index is -0.518. The molecule has 8 heteroatoms. The van der Waals surface area contributed by atoms with Gasteiger partial charge in [-0.2, -0.15) is 5.10 Å². The van der Waals surface area contributed by atoms with Crippen molar-refractivity contribution in [3.63, 3.8) is 0 Å². The molecular formula is C28H32N6O2. The molecule has 8 nitrogen and oxygen atoms in total. The number of carbonyl (C=O) groups excluding carboxylic acids is 2. The van der Waals surface area contributed by atoms with Gasteiger partial charge in [0.25, 0.3) is 0 Å². The van der Waals surface area contributed by atoms with E-state index in [1.807, 2.05) is 87.2 Å². The zero-order valence-electron chi connectivity index (χ0n) is 21.1. The lowest BCUT2D eigenvalue weighted by molar-refractivity contribution is -0.125. The van der Waals surface area contributed by atoms with Crippen LogP contribution in [0.3, 0.4) is 0 Å². The van der Waals surface area contributed by atoms with Crippen molar-refractivity contribution in [2.75, 3.05) is 17.2 Å². The Balaban J connectivity index is 1.43. The summed E-state index contributed by atoms with van der Waals surface area (Å²) in [6, 6.07) is 19.4. The second-order valence-electron chi connectivity index (χ2n) is 9.62. The molecule has 0 fully saturated rings. The molecule has 0 atom stereocenters. The Hall–Kier alpha value is -4.17. The van der Waals surface area contributed by atoms with Crippen molar-refractivity contribution in [2.45, 2.75) is 32.9 Å². The van der Waals surface area contributed by atoms with Gasteiger partial charge in [0.2, 0.25) is 12.3 Å². The molecule has 0 aliphatic rings. The number of nitrogens with zero attached hydrogens (tertiary/aromatic N) is 3. The van der Waals surface area contributed by atoms with Gasteiger partial charge in [-0.1, -0.05) is 24.3 Å². The highest BCUT2D eigenvalue weighted by Gasteiger charge is 2.16. The summed E-state index contributed by atoms with van der Waals surface area (Å²) in [4.78, 5) is 25.9. The van der Waals surface area contributed by atoms with Crippen molar-refractivity contribution in [1.82, 2.24) is 14.7 Å². The van der Waals surface area contributed by atoms with Crippen LogP contribution in [0.25, 0.3) is 10.9 Å². The van der Waals surface area contributed by atoms with Crippen LogP contribution in [0.5, 0.6) is 0 Å². The lowest BCUT2D eigenvalue weighted by Gasteiger charge is -2.21. The first-order chi connectivity index (χ1) is 17.1. The number of amides is 2. The smallest absolute Gasteiger partial charge is 0.243 e. The molecule has 4 aromatic rings. The number of aryl methyl sites for hydroxylation is 1. The lowest BCUT2D eigenvalue weighted by Crippen LogP contribution is -2.32. The van der Waals surface area contributed by atoms with E-state index >= 15 is 0 Å². The van der Waals surface area contributed by atoms with E-state index in [0.717, 1.165) is 39.0 Å². The summed E-state index contributed by atoms with van der Waals surface area (Å²) in [7, 11) is 1.92. The maximum Gasteiger partial charge on any atom is 0.243 e. The number of carbonyl (C=O) groups is 2. The van der Waals surface area contributed by atoms with Crippen LogP contribution in [0.1, 0.15) is 30.5 Å². The van der Waals surface area contributed by atoms with Crippen molar-refractivity contribution < 1.29 is 9.59 Å². The summed E-state index contributed by atoms with van der Waals surface area (Å²) in [6.45, 7) is 6.07. The first-order valence-electron chi connectivity index (χ1n) is 11.8. The lowest BCUT2D eigenvalue weighted by atomic mass is 9.95. The molecule has 186 valence electrons. The molecule has 3 aromatic carbocycles. The van der Waals surface area contributed by atoms with Gasteiger partial charge in [-0.15, -0.1) is 0 Å². The summed E-state index contributed by atoms with van der Waals surface area (Å²) in [5.74, 6) is -0.272. The zero-order chi connectivity index (χ0) is 25.9. The molecule has 0 saturated carbocycles. The molecule has 0 aliphatic carbocycles. The fourth-order valence-corrected chi connectivity index (χ4v) is 4.12. The van der Waals surface area contributed by atoms with E-state index in [2.05, 4.69) is 21.8 Å². The molecule has 4 rings (SSSR count). The van der Waals surface area contributed by atoms with Gasteiger partial charge in [-0.3, -0.25) is 14.3 Å². The highest BCUT2D eigenvalue weighted by Crippen LogP contribution is 2.26. The first-order valence-corrected chi connectivity index (χ1v) is 11.8. The van der Waals surface area contributed by atoms with Gasteiger partial charge in [0.15, 0.2) is 0 Å². The molecule has 0 radical (unpaired) electrons. The quantitative estimate of drug-likeness (QED) is 0.305. The van der Waals surface area contributed by atoms with Gasteiger partial charge in [-0.25, -0.2) is 0 Å². The van der Waals surface area contributed by atoms with Crippen LogP contribution < -0.4 is 16.4 Å². The summed E-state index contributed by atoms with van der Waals surface area (Å²) < 4.78 is 1.84. The van der Waals surface area contributed by atoms with Crippen LogP contribution in [-0.2, 0) is 28.7 Å². The predicted molar refractivity (Wildman–Crippen MR) is 144 cm³/mol. The Morgan fingerprint density at radius 3 is 2.64 bits per heavy atom. The summed E-state index contributed by atoms with van der Waals surface area (Å²) in [6.07, 6.45) is 2.54. The summed E-state index contributed by atoms with van der Waals surface area (Å²) in [5.41, 5.74) is 12.1. The molecule has 0 spiro atoms. The molecule has 4 N–H and O–H groups in total. The fraction of sp³-hybridized carbons (Fsp3) is 0.250. The van der Waals surface area contributed by atoms with Gasteiger partial charge < -0.3 is 21.3 Å². The monoisotopic (exact) mass is 484 g/mol. The molecule has 1 heterocycles. The van der Waals surface area contributed by atoms with E-state index in [4.69, 9.17) is 5.73 Å². The molecule has 2 amide bonds. The number of nitrogens with two attached hydrogens (primary N) is 1. The van der Waals surface area contributed by atoms with Gasteiger partial charge in [-0.05, 0) is 73.9 Å². The maximum absolute atomic E-state index is 12.7. The molecule has 0 aliphatic heterocycles. The minimum Gasteiger partial charge on any atom is -0.355 e. The van der Waals surface area contributed by atoms with Gasteiger partial charge in [0.1, 0.15) is 0 Å². The SMILES string of the molecule is Cc1c(CN(C=O)CC(=O)Nc2cccc(C(C)(C)N)c2)cccc1Nc1ccc2c(cnn2C)c1. The first kappa shape index (κ1) is 24.9. The highest BCUT2D eigenvalue weighted by molar-refractivity contribution is 5.93. The van der Waals surface area contributed by atoms with E-state index in [9.17, 15) is 9.59 Å². The van der Waals surface area contributed by atoms with Crippen LogP contribution in [0.15, 0.2) is 66.9 Å². The van der Waals surface area contributed by atoms with Gasteiger partial charge >= 0.3 is 0 Å². The molecule has 36 heavy (non-hydrogen) atoms. The highest BCUT2D eigenvalue weighted by atomic mass is 16.2. The summed E-state index contributed by atoms with van der Waals surface area (Å²) >= 11 is 0. The standard InChI is InChI=1S/C28H32N6O2/c1-19-20(7-5-10-25(19)31-24-11-12-26-21(13-24)15-30-33(26)4)16-34(18-35)17-27(36)32-23-9-6-8-22(14-23)28(2,3)29/h5-15,18,31H,16-17,29H2,1-4H3,(H,32,36). The number of nitrogens with one attached hydrogen (secondary N) is 2.